The smallest absolute Gasteiger partial charge is 0.171 e. The maximum absolute atomic E-state index is 6.18. The lowest BCUT2D eigenvalue weighted by Gasteiger charge is -2.26. The molecule has 2 aromatic carbocycles. The summed E-state index contributed by atoms with van der Waals surface area (Å²) in [5.41, 5.74) is 4.63. The Labute approximate surface area is 149 Å². The molecule has 0 saturated carbocycles. The number of rotatable bonds is 4. The summed E-state index contributed by atoms with van der Waals surface area (Å²) in [5.74, 6) is 0.405. The second kappa shape index (κ2) is 7.80. The molecule has 4 heteroatoms. The highest BCUT2D eigenvalue weighted by Crippen LogP contribution is 2.26. The first kappa shape index (κ1) is 17.8. The summed E-state index contributed by atoms with van der Waals surface area (Å²) >= 11 is 11.7. The van der Waals surface area contributed by atoms with Gasteiger partial charge in [0.05, 0.1) is 16.8 Å². The van der Waals surface area contributed by atoms with Crippen LogP contribution in [0.5, 0.6) is 0 Å². The minimum Gasteiger partial charge on any atom is -0.355 e. The van der Waals surface area contributed by atoms with Crippen molar-refractivity contribution in [2.45, 2.75) is 33.7 Å². The molecule has 0 radical (unpaired) electrons. The molecule has 0 spiro atoms. The number of aryl methyl sites for hydroxylation is 2. The Bertz CT molecular complexity index is 698. The van der Waals surface area contributed by atoms with Gasteiger partial charge in [-0.15, -0.1) is 0 Å². The van der Waals surface area contributed by atoms with Crippen molar-refractivity contribution in [1.29, 1.82) is 0 Å². The predicted molar refractivity (Wildman–Crippen MR) is 104 cm³/mol. The van der Waals surface area contributed by atoms with Crippen molar-refractivity contribution in [1.82, 2.24) is 5.32 Å². The highest BCUT2D eigenvalue weighted by atomic mass is 35.5. The Morgan fingerprint density at radius 2 is 1.78 bits per heavy atom. The molecule has 0 saturated heterocycles. The number of hydrogen-bond acceptors (Lipinski definition) is 1. The van der Waals surface area contributed by atoms with Gasteiger partial charge in [-0.3, -0.25) is 0 Å². The van der Waals surface area contributed by atoms with Crippen LogP contribution in [0.15, 0.2) is 42.5 Å². The van der Waals surface area contributed by atoms with Crippen LogP contribution >= 0.6 is 23.8 Å². The zero-order valence-electron chi connectivity index (χ0n) is 14.0. The number of anilines is 1. The molecule has 0 aliphatic carbocycles. The molecule has 0 fully saturated rings. The lowest BCUT2D eigenvalue weighted by molar-refractivity contribution is 0.471. The normalized spacial score (nSPS) is 12.1. The Morgan fingerprint density at radius 1 is 1.09 bits per heavy atom. The van der Waals surface area contributed by atoms with E-state index < -0.39 is 0 Å². The lowest BCUT2D eigenvalue weighted by atomic mass is 9.92. The second-order valence-electron chi connectivity index (χ2n) is 6.16. The van der Waals surface area contributed by atoms with Crippen molar-refractivity contribution in [2.75, 3.05) is 5.32 Å². The van der Waals surface area contributed by atoms with Crippen LogP contribution in [-0.2, 0) is 0 Å². The number of nitrogens with one attached hydrogen (secondary N) is 2. The number of benzene rings is 2. The van der Waals surface area contributed by atoms with Crippen LogP contribution < -0.4 is 10.6 Å². The van der Waals surface area contributed by atoms with Crippen molar-refractivity contribution in [3.63, 3.8) is 0 Å². The summed E-state index contributed by atoms with van der Waals surface area (Å²) in [6.45, 7) is 8.63. The highest BCUT2D eigenvalue weighted by molar-refractivity contribution is 7.80. The quantitative estimate of drug-likeness (QED) is 0.700. The molecule has 0 aliphatic rings. The molecule has 1 atom stereocenters. The number of thiocarbonyl (C=S) groups is 1. The first-order valence-electron chi connectivity index (χ1n) is 7.77. The third kappa shape index (κ3) is 4.69. The molecule has 23 heavy (non-hydrogen) atoms. The Balaban J connectivity index is 2.16. The molecule has 0 heterocycles. The van der Waals surface area contributed by atoms with Gasteiger partial charge in [-0.2, -0.15) is 0 Å². The van der Waals surface area contributed by atoms with Crippen LogP contribution in [0, 0.1) is 19.8 Å². The topological polar surface area (TPSA) is 24.1 Å². The van der Waals surface area contributed by atoms with E-state index in [-0.39, 0.29) is 6.04 Å². The van der Waals surface area contributed by atoms with Crippen LogP contribution in [0.4, 0.5) is 5.69 Å². The van der Waals surface area contributed by atoms with E-state index in [2.05, 4.69) is 56.5 Å². The van der Waals surface area contributed by atoms with E-state index in [9.17, 15) is 0 Å². The SMILES string of the molecule is Cc1ccc([C@@H](NC(=S)Nc2ccccc2Cl)C(C)C)c(C)c1. The third-order valence-corrected chi connectivity index (χ3v) is 4.39. The van der Waals surface area contributed by atoms with Crippen LogP contribution in [0.25, 0.3) is 0 Å². The van der Waals surface area contributed by atoms with E-state index in [1.807, 2.05) is 24.3 Å². The summed E-state index contributed by atoms with van der Waals surface area (Å²) in [6.07, 6.45) is 0. The average molecular weight is 347 g/mol. The van der Waals surface area contributed by atoms with Gasteiger partial charge in [-0.25, -0.2) is 0 Å². The molecule has 2 N–H and O–H groups in total. The standard InChI is InChI=1S/C19H23ClN2S/c1-12(2)18(15-10-9-13(3)11-14(15)4)22-19(23)21-17-8-6-5-7-16(17)20/h5-12,18H,1-4H3,(H2,21,22,23)/t18-/m0/s1. The summed E-state index contributed by atoms with van der Waals surface area (Å²) in [4.78, 5) is 0. The molecule has 2 aromatic rings. The summed E-state index contributed by atoms with van der Waals surface area (Å²) in [6, 6.07) is 14.3. The fourth-order valence-corrected chi connectivity index (χ4v) is 3.06. The summed E-state index contributed by atoms with van der Waals surface area (Å²) < 4.78 is 0. The van der Waals surface area contributed by atoms with E-state index in [0.29, 0.717) is 16.1 Å². The average Bonchev–Trinajstić information content (AvgIpc) is 2.48. The minimum absolute atomic E-state index is 0.151. The fourth-order valence-electron chi connectivity index (χ4n) is 2.64. The van der Waals surface area contributed by atoms with Crippen molar-refractivity contribution in [3.8, 4) is 0 Å². The van der Waals surface area contributed by atoms with E-state index in [4.69, 9.17) is 23.8 Å². The predicted octanol–water partition coefficient (Wildman–Crippen LogP) is 5.64. The number of para-hydroxylation sites is 1. The van der Waals surface area contributed by atoms with Gasteiger partial charge in [0.2, 0.25) is 0 Å². The van der Waals surface area contributed by atoms with E-state index in [1.54, 1.807) is 0 Å². The second-order valence-corrected chi connectivity index (χ2v) is 6.98. The molecule has 2 nitrogen and oxygen atoms in total. The molecule has 0 unspecified atom stereocenters. The maximum atomic E-state index is 6.18. The van der Waals surface area contributed by atoms with E-state index >= 15 is 0 Å². The van der Waals surface area contributed by atoms with Crippen molar-refractivity contribution < 1.29 is 0 Å². The maximum Gasteiger partial charge on any atom is 0.171 e. The van der Waals surface area contributed by atoms with Crippen LogP contribution in [0.1, 0.15) is 36.6 Å². The van der Waals surface area contributed by atoms with Gasteiger partial charge < -0.3 is 10.6 Å². The Hall–Kier alpha value is -1.58. The zero-order valence-corrected chi connectivity index (χ0v) is 15.6. The van der Waals surface area contributed by atoms with Crippen molar-refractivity contribution >= 4 is 34.6 Å². The molecule has 122 valence electrons. The third-order valence-electron chi connectivity index (χ3n) is 3.84. The largest absolute Gasteiger partial charge is 0.355 e. The summed E-state index contributed by atoms with van der Waals surface area (Å²) in [7, 11) is 0. The van der Waals surface area contributed by atoms with E-state index in [0.717, 1.165) is 5.69 Å². The summed E-state index contributed by atoms with van der Waals surface area (Å²) in [5, 5.41) is 7.85. The number of halogens is 1. The van der Waals surface area contributed by atoms with Crippen LogP contribution in [-0.4, -0.2) is 5.11 Å². The molecular weight excluding hydrogens is 324 g/mol. The van der Waals surface area contributed by atoms with Crippen molar-refractivity contribution in [2.24, 2.45) is 5.92 Å². The van der Waals surface area contributed by atoms with Gasteiger partial charge in [0.1, 0.15) is 0 Å². The van der Waals surface area contributed by atoms with Gasteiger partial charge in [0, 0.05) is 0 Å². The molecule has 2 rings (SSSR count). The van der Waals surface area contributed by atoms with E-state index in [1.165, 1.54) is 16.7 Å². The van der Waals surface area contributed by atoms with Gasteiger partial charge in [0.25, 0.3) is 0 Å². The van der Waals surface area contributed by atoms with Crippen molar-refractivity contribution in [3.05, 3.63) is 64.2 Å². The van der Waals surface area contributed by atoms with Gasteiger partial charge >= 0.3 is 0 Å². The van der Waals surface area contributed by atoms with Gasteiger partial charge in [-0.1, -0.05) is 61.3 Å². The zero-order chi connectivity index (χ0) is 17.0. The van der Waals surface area contributed by atoms with Gasteiger partial charge in [-0.05, 0) is 55.2 Å². The van der Waals surface area contributed by atoms with Crippen LogP contribution in [0.3, 0.4) is 0 Å². The minimum atomic E-state index is 0.151. The molecule has 0 amide bonds. The molecule has 0 aliphatic heterocycles. The first-order valence-corrected chi connectivity index (χ1v) is 8.56. The monoisotopic (exact) mass is 346 g/mol. The molecule has 0 bridgehead atoms. The Morgan fingerprint density at radius 3 is 2.39 bits per heavy atom. The fraction of sp³-hybridized carbons (Fsp3) is 0.316. The van der Waals surface area contributed by atoms with Gasteiger partial charge in [0.15, 0.2) is 5.11 Å². The molecular formula is C19H23ClN2S. The first-order chi connectivity index (χ1) is 10.9. The van der Waals surface area contributed by atoms with Crippen LogP contribution in [0.2, 0.25) is 5.02 Å². The number of hydrogen-bond donors (Lipinski definition) is 2. The Kier molecular flexibility index (Phi) is 6.03. The molecule has 0 aromatic heterocycles. The highest BCUT2D eigenvalue weighted by Gasteiger charge is 2.19. The lowest BCUT2D eigenvalue weighted by Crippen LogP contribution is -2.35.